The van der Waals surface area contributed by atoms with E-state index in [0.717, 1.165) is 37.4 Å². The van der Waals surface area contributed by atoms with Gasteiger partial charge in [-0.25, -0.2) is 14.8 Å². The number of anilines is 4. The van der Waals surface area contributed by atoms with E-state index in [2.05, 4.69) is 37.9 Å². The summed E-state index contributed by atoms with van der Waals surface area (Å²) >= 11 is 12.7. The van der Waals surface area contributed by atoms with Crippen LogP contribution in [0.3, 0.4) is 0 Å². The molecule has 0 atom stereocenters. The lowest BCUT2D eigenvalue weighted by atomic mass is 10.1. The van der Waals surface area contributed by atoms with E-state index in [0.29, 0.717) is 17.3 Å². The normalized spacial score (nSPS) is 14.1. The second-order valence-corrected chi connectivity index (χ2v) is 9.18. The molecule has 4 rings (SSSR count). The van der Waals surface area contributed by atoms with Gasteiger partial charge in [-0.2, -0.15) is 0 Å². The molecule has 196 valence electrons. The summed E-state index contributed by atoms with van der Waals surface area (Å²) in [7, 11) is 5.02. The van der Waals surface area contributed by atoms with Crippen LogP contribution >= 0.6 is 23.2 Å². The van der Waals surface area contributed by atoms with Crippen molar-refractivity contribution in [3.63, 3.8) is 0 Å². The summed E-state index contributed by atoms with van der Waals surface area (Å²) in [5.41, 5.74) is 0.937. The number of hydrogen-bond donors (Lipinski definition) is 3. The van der Waals surface area contributed by atoms with Crippen LogP contribution in [0.2, 0.25) is 10.0 Å². The number of hydrogen-bond acceptors (Lipinski definition) is 8. The van der Waals surface area contributed by atoms with Crippen molar-refractivity contribution in [3.05, 3.63) is 52.8 Å². The number of urea groups is 1. The van der Waals surface area contributed by atoms with Crippen molar-refractivity contribution in [3.8, 4) is 17.2 Å². The van der Waals surface area contributed by atoms with Crippen LogP contribution in [-0.2, 0) is 0 Å². The van der Waals surface area contributed by atoms with Crippen LogP contribution in [0.25, 0.3) is 0 Å². The average Bonchev–Trinajstić information content (AvgIpc) is 2.88. The number of nitrogens with zero attached hydrogens (tertiary/aromatic N) is 3. The molecule has 0 spiro atoms. The molecule has 12 heteroatoms. The Morgan fingerprint density at radius 1 is 0.973 bits per heavy atom. The van der Waals surface area contributed by atoms with Crippen molar-refractivity contribution in [2.45, 2.75) is 18.9 Å². The first-order valence-corrected chi connectivity index (χ1v) is 12.3. The number of piperidine rings is 1. The Hall–Kier alpha value is -3.47. The first kappa shape index (κ1) is 26.6. The maximum atomic E-state index is 12.7. The van der Waals surface area contributed by atoms with Crippen LogP contribution in [0.15, 0.2) is 42.7 Å². The average molecular weight is 547 g/mol. The summed E-state index contributed by atoms with van der Waals surface area (Å²) in [5.74, 6) is 2.13. The molecule has 3 aromatic rings. The standard InChI is InChI=1S/C25H28Cl2N6O4/c1-33-9-7-16(8-10-33)37-17-6-4-5-15(11-17)30-20-13-21(29-14-28-20)31-25(34)32-24-22(26)18(35-2)12-19(36-3)23(24)27/h4-6,11-14,16H,7-10H2,1-3H3,(H3,28,29,30,31,32,34). The number of likely N-dealkylation sites (tertiary alicyclic amines) is 1. The van der Waals surface area contributed by atoms with Gasteiger partial charge >= 0.3 is 6.03 Å². The number of benzene rings is 2. The van der Waals surface area contributed by atoms with Crippen molar-refractivity contribution in [2.24, 2.45) is 0 Å². The van der Waals surface area contributed by atoms with Gasteiger partial charge < -0.3 is 29.7 Å². The highest BCUT2D eigenvalue weighted by molar-refractivity contribution is 6.41. The van der Waals surface area contributed by atoms with Gasteiger partial charge in [0.05, 0.1) is 19.9 Å². The number of amides is 2. The van der Waals surface area contributed by atoms with Crippen molar-refractivity contribution >= 4 is 52.2 Å². The van der Waals surface area contributed by atoms with Gasteiger partial charge in [0, 0.05) is 37.0 Å². The molecule has 0 saturated carbocycles. The fraction of sp³-hybridized carbons (Fsp3) is 0.320. The highest BCUT2D eigenvalue weighted by Gasteiger charge is 2.20. The van der Waals surface area contributed by atoms with Gasteiger partial charge in [-0.3, -0.25) is 5.32 Å². The van der Waals surface area contributed by atoms with E-state index in [1.165, 1.54) is 26.6 Å². The molecule has 2 aromatic carbocycles. The molecule has 10 nitrogen and oxygen atoms in total. The molecule has 0 unspecified atom stereocenters. The SMILES string of the molecule is COc1cc(OC)c(Cl)c(NC(=O)Nc2cc(Nc3cccc(OC4CCN(C)CC4)c3)ncn2)c1Cl. The molecular formula is C25H28Cl2N6O4. The summed E-state index contributed by atoms with van der Waals surface area (Å²) < 4.78 is 16.6. The van der Waals surface area contributed by atoms with Gasteiger partial charge in [0.25, 0.3) is 0 Å². The Kier molecular flexibility index (Phi) is 8.75. The maximum absolute atomic E-state index is 12.7. The molecule has 2 amide bonds. The van der Waals surface area contributed by atoms with E-state index >= 15 is 0 Å². The third-order valence-electron chi connectivity index (χ3n) is 5.80. The monoisotopic (exact) mass is 546 g/mol. The number of rotatable bonds is 8. The number of carbonyl (C=O) groups excluding carboxylic acids is 1. The number of halogens is 2. The largest absolute Gasteiger partial charge is 0.495 e. The van der Waals surface area contributed by atoms with Crippen LogP contribution in [0.4, 0.5) is 27.8 Å². The van der Waals surface area contributed by atoms with Crippen LogP contribution in [0, 0.1) is 0 Å². The topological polar surface area (TPSA) is 110 Å². The van der Waals surface area contributed by atoms with Crippen LogP contribution < -0.4 is 30.2 Å². The molecule has 1 aromatic heterocycles. The maximum Gasteiger partial charge on any atom is 0.324 e. The molecule has 37 heavy (non-hydrogen) atoms. The van der Waals surface area contributed by atoms with Gasteiger partial charge in [0.1, 0.15) is 51.4 Å². The second kappa shape index (κ2) is 12.2. The van der Waals surface area contributed by atoms with Gasteiger partial charge in [-0.1, -0.05) is 29.3 Å². The Balaban J connectivity index is 1.41. The minimum Gasteiger partial charge on any atom is -0.495 e. The molecule has 0 bridgehead atoms. The number of carbonyl (C=O) groups is 1. The number of ether oxygens (including phenoxy) is 3. The second-order valence-electron chi connectivity index (χ2n) is 8.42. The predicted octanol–water partition coefficient (Wildman–Crippen LogP) is 5.66. The van der Waals surface area contributed by atoms with E-state index in [-0.39, 0.29) is 27.7 Å². The van der Waals surface area contributed by atoms with E-state index in [1.54, 1.807) is 6.07 Å². The molecule has 2 heterocycles. The fourth-order valence-corrected chi connectivity index (χ4v) is 4.44. The van der Waals surface area contributed by atoms with Crippen molar-refractivity contribution in [2.75, 3.05) is 50.3 Å². The Morgan fingerprint density at radius 2 is 1.65 bits per heavy atom. The smallest absolute Gasteiger partial charge is 0.324 e. The molecule has 1 fully saturated rings. The lowest BCUT2D eigenvalue weighted by molar-refractivity contribution is 0.114. The predicted molar refractivity (Wildman–Crippen MR) is 145 cm³/mol. The molecule has 1 aliphatic rings. The number of methoxy groups -OCH3 is 2. The number of nitrogens with one attached hydrogen (secondary N) is 3. The van der Waals surface area contributed by atoms with Crippen molar-refractivity contribution in [1.82, 2.24) is 14.9 Å². The summed E-state index contributed by atoms with van der Waals surface area (Å²) in [6.07, 6.45) is 3.53. The first-order valence-electron chi connectivity index (χ1n) is 11.6. The molecule has 1 saturated heterocycles. The van der Waals surface area contributed by atoms with Crippen molar-refractivity contribution in [1.29, 1.82) is 0 Å². The quantitative estimate of drug-likeness (QED) is 0.332. The van der Waals surface area contributed by atoms with Gasteiger partial charge in [0.15, 0.2) is 0 Å². The van der Waals surface area contributed by atoms with E-state index < -0.39 is 6.03 Å². The van der Waals surface area contributed by atoms with Crippen molar-refractivity contribution < 1.29 is 19.0 Å². The zero-order valence-electron chi connectivity index (χ0n) is 20.7. The van der Waals surface area contributed by atoms with E-state index in [1.807, 2.05) is 24.3 Å². The van der Waals surface area contributed by atoms with Gasteiger partial charge in [-0.15, -0.1) is 0 Å². The zero-order chi connectivity index (χ0) is 26.4. The van der Waals surface area contributed by atoms with Crippen LogP contribution in [0.1, 0.15) is 12.8 Å². The van der Waals surface area contributed by atoms with Gasteiger partial charge in [0.2, 0.25) is 0 Å². The van der Waals surface area contributed by atoms with E-state index in [9.17, 15) is 4.79 Å². The highest BCUT2D eigenvalue weighted by Crippen LogP contribution is 2.44. The molecular weight excluding hydrogens is 519 g/mol. The summed E-state index contributed by atoms with van der Waals surface area (Å²) in [6.45, 7) is 2.05. The lowest BCUT2D eigenvalue weighted by Crippen LogP contribution is -2.35. The van der Waals surface area contributed by atoms with Crippen LogP contribution in [-0.4, -0.2) is 61.4 Å². The molecule has 3 N–H and O–H groups in total. The van der Waals surface area contributed by atoms with E-state index in [4.69, 9.17) is 37.4 Å². The zero-order valence-corrected chi connectivity index (χ0v) is 22.2. The number of aromatic nitrogens is 2. The minimum absolute atomic E-state index is 0.135. The van der Waals surface area contributed by atoms with Gasteiger partial charge in [-0.05, 0) is 32.0 Å². The minimum atomic E-state index is -0.614. The molecule has 1 aliphatic heterocycles. The first-order chi connectivity index (χ1) is 17.9. The van der Waals surface area contributed by atoms with Crippen LogP contribution in [0.5, 0.6) is 17.2 Å². The fourth-order valence-electron chi connectivity index (χ4n) is 3.84. The third kappa shape index (κ3) is 6.85. The Morgan fingerprint density at radius 3 is 2.32 bits per heavy atom. The summed E-state index contributed by atoms with van der Waals surface area (Å²) in [6, 6.07) is 10.2. The molecule has 0 radical (unpaired) electrons. The Bertz CT molecular complexity index is 1230. The molecule has 0 aliphatic carbocycles. The summed E-state index contributed by atoms with van der Waals surface area (Å²) in [5, 5.41) is 8.75. The third-order valence-corrected chi connectivity index (χ3v) is 6.55. The summed E-state index contributed by atoms with van der Waals surface area (Å²) in [4.78, 5) is 23.3. The Labute approximate surface area is 225 Å². The highest BCUT2D eigenvalue weighted by atomic mass is 35.5. The lowest BCUT2D eigenvalue weighted by Gasteiger charge is -2.29.